The molecule has 1 rings (SSSR count). The molecule has 0 aromatic rings. The largest absolute Gasteiger partial charge is 0.469 e. The molecule has 0 atom stereocenters. The van der Waals surface area contributed by atoms with Crippen LogP contribution in [-0.4, -0.2) is 50.7 Å². The van der Waals surface area contributed by atoms with E-state index in [1.165, 1.54) is 32.8 Å². The summed E-state index contributed by atoms with van der Waals surface area (Å²) in [6.07, 6.45) is 5.91. The minimum atomic E-state index is -0.142. The zero-order valence-electron chi connectivity index (χ0n) is 10.5. The first-order valence-electron chi connectivity index (χ1n) is 6.22. The molecule has 1 saturated carbocycles. The summed E-state index contributed by atoms with van der Waals surface area (Å²) in [7, 11) is 3.62. The molecule has 0 aromatic carbocycles. The van der Waals surface area contributed by atoms with E-state index in [0.717, 1.165) is 19.1 Å². The molecule has 16 heavy (non-hydrogen) atoms. The van der Waals surface area contributed by atoms with Gasteiger partial charge in [-0.1, -0.05) is 12.8 Å². The Kier molecular flexibility index (Phi) is 6.42. The molecular formula is C12H24N2O2. The average Bonchev–Trinajstić information content (AvgIpc) is 2.81. The highest BCUT2D eigenvalue weighted by Crippen LogP contribution is 2.21. The van der Waals surface area contributed by atoms with Crippen molar-refractivity contribution in [1.82, 2.24) is 10.2 Å². The second-order valence-electron chi connectivity index (χ2n) is 4.50. The Morgan fingerprint density at radius 1 is 1.38 bits per heavy atom. The number of nitrogens with one attached hydrogen (secondary N) is 1. The van der Waals surface area contributed by atoms with E-state index >= 15 is 0 Å². The van der Waals surface area contributed by atoms with Crippen LogP contribution >= 0.6 is 0 Å². The average molecular weight is 228 g/mol. The number of nitrogens with zero attached hydrogens (tertiary/aromatic N) is 1. The second-order valence-corrected chi connectivity index (χ2v) is 4.50. The van der Waals surface area contributed by atoms with Crippen LogP contribution in [0.3, 0.4) is 0 Å². The lowest BCUT2D eigenvalue weighted by molar-refractivity contribution is -0.140. The van der Waals surface area contributed by atoms with Crippen LogP contribution in [0.4, 0.5) is 0 Å². The van der Waals surface area contributed by atoms with Crippen molar-refractivity contribution in [3.63, 3.8) is 0 Å². The Morgan fingerprint density at radius 2 is 2.06 bits per heavy atom. The molecule has 0 unspecified atom stereocenters. The smallest absolute Gasteiger partial charge is 0.306 e. The van der Waals surface area contributed by atoms with E-state index in [1.807, 2.05) is 0 Å². The van der Waals surface area contributed by atoms with Crippen molar-refractivity contribution >= 4 is 5.97 Å². The fraction of sp³-hybridized carbons (Fsp3) is 0.917. The molecule has 0 saturated heterocycles. The van der Waals surface area contributed by atoms with Gasteiger partial charge >= 0.3 is 5.97 Å². The zero-order chi connectivity index (χ0) is 11.8. The number of likely N-dealkylation sites (N-methyl/N-ethyl adjacent to an activating group) is 1. The first kappa shape index (κ1) is 13.5. The summed E-state index contributed by atoms with van der Waals surface area (Å²) in [5, 5.41) is 3.26. The molecule has 0 heterocycles. The van der Waals surface area contributed by atoms with Gasteiger partial charge in [-0.15, -0.1) is 0 Å². The summed E-state index contributed by atoms with van der Waals surface area (Å²) in [4.78, 5) is 13.3. The van der Waals surface area contributed by atoms with Crippen LogP contribution < -0.4 is 5.32 Å². The highest BCUT2D eigenvalue weighted by atomic mass is 16.5. The number of carbonyl (C=O) groups is 1. The van der Waals surface area contributed by atoms with E-state index in [0.29, 0.717) is 13.0 Å². The molecule has 1 fully saturated rings. The van der Waals surface area contributed by atoms with Gasteiger partial charge in [0.05, 0.1) is 13.5 Å². The minimum absolute atomic E-state index is 0.142. The van der Waals surface area contributed by atoms with Crippen molar-refractivity contribution in [2.24, 2.45) is 0 Å². The molecule has 0 bridgehead atoms. The van der Waals surface area contributed by atoms with Crippen LogP contribution in [0, 0.1) is 0 Å². The first-order valence-corrected chi connectivity index (χ1v) is 6.22. The van der Waals surface area contributed by atoms with E-state index < -0.39 is 0 Å². The molecule has 0 aliphatic heterocycles. The molecule has 1 aliphatic rings. The van der Waals surface area contributed by atoms with E-state index in [4.69, 9.17) is 0 Å². The summed E-state index contributed by atoms with van der Waals surface area (Å²) in [6.45, 7) is 2.72. The summed E-state index contributed by atoms with van der Waals surface area (Å²) in [6, 6.07) is 0.780. The fourth-order valence-electron chi connectivity index (χ4n) is 2.20. The maximum absolute atomic E-state index is 10.8. The van der Waals surface area contributed by atoms with Gasteiger partial charge in [-0.05, 0) is 19.9 Å². The molecule has 0 spiro atoms. The lowest BCUT2D eigenvalue weighted by Gasteiger charge is -2.23. The molecule has 4 nitrogen and oxygen atoms in total. The van der Waals surface area contributed by atoms with Gasteiger partial charge < -0.3 is 15.0 Å². The van der Waals surface area contributed by atoms with E-state index in [9.17, 15) is 4.79 Å². The second kappa shape index (κ2) is 7.63. The Morgan fingerprint density at radius 3 is 2.69 bits per heavy atom. The van der Waals surface area contributed by atoms with Crippen LogP contribution in [-0.2, 0) is 9.53 Å². The molecule has 1 N–H and O–H groups in total. The van der Waals surface area contributed by atoms with Crippen molar-refractivity contribution < 1.29 is 9.53 Å². The summed E-state index contributed by atoms with van der Waals surface area (Å²) >= 11 is 0. The van der Waals surface area contributed by atoms with Gasteiger partial charge in [0.1, 0.15) is 0 Å². The number of hydrogen-bond acceptors (Lipinski definition) is 4. The molecule has 0 amide bonds. The Hall–Kier alpha value is -0.610. The minimum Gasteiger partial charge on any atom is -0.469 e. The van der Waals surface area contributed by atoms with Gasteiger partial charge in [0.25, 0.3) is 0 Å². The van der Waals surface area contributed by atoms with Gasteiger partial charge in [-0.25, -0.2) is 0 Å². The Bertz CT molecular complexity index is 203. The maximum Gasteiger partial charge on any atom is 0.306 e. The van der Waals surface area contributed by atoms with E-state index in [1.54, 1.807) is 0 Å². The predicted molar refractivity (Wildman–Crippen MR) is 64.4 cm³/mol. The van der Waals surface area contributed by atoms with Gasteiger partial charge in [0.2, 0.25) is 0 Å². The van der Waals surface area contributed by atoms with Crippen LogP contribution in [0.15, 0.2) is 0 Å². The number of ether oxygens (including phenoxy) is 1. The molecule has 0 radical (unpaired) electrons. The van der Waals surface area contributed by atoms with Crippen molar-refractivity contribution in [3.05, 3.63) is 0 Å². The third kappa shape index (κ3) is 4.94. The SMILES string of the molecule is COC(=O)CCNCCN(C)C1CCCC1. The summed E-state index contributed by atoms with van der Waals surface area (Å²) < 4.78 is 4.57. The third-order valence-electron chi connectivity index (χ3n) is 3.32. The monoisotopic (exact) mass is 228 g/mol. The number of hydrogen-bond donors (Lipinski definition) is 1. The Labute approximate surface area is 98.3 Å². The lowest BCUT2D eigenvalue weighted by atomic mass is 10.2. The Balaban J connectivity index is 1.95. The molecule has 4 heteroatoms. The van der Waals surface area contributed by atoms with Crippen LogP contribution in [0.5, 0.6) is 0 Å². The molecule has 1 aliphatic carbocycles. The summed E-state index contributed by atoms with van der Waals surface area (Å²) in [5.41, 5.74) is 0. The van der Waals surface area contributed by atoms with Gasteiger partial charge in [-0.3, -0.25) is 4.79 Å². The lowest BCUT2D eigenvalue weighted by Crippen LogP contribution is -2.36. The van der Waals surface area contributed by atoms with Crippen LogP contribution in [0.1, 0.15) is 32.1 Å². The fourth-order valence-corrected chi connectivity index (χ4v) is 2.20. The van der Waals surface area contributed by atoms with Crippen molar-refractivity contribution in [3.8, 4) is 0 Å². The predicted octanol–water partition coefficient (Wildman–Crippen LogP) is 1.01. The number of carbonyl (C=O) groups excluding carboxylic acids is 1. The molecule has 94 valence electrons. The molecule has 0 aromatic heterocycles. The highest BCUT2D eigenvalue weighted by molar-refractivity contribution is 5.69. The first-order chi connectivity index (χ1) is 7.74. The van der Waals surface area contributed by atoms with Gasteiger partial charge in [-0.2, -0.15) is 0 Å². The topological polar surface area (TPSA) is 41.6 Å². The highest BCUT2D eigenvalue weighted by Gasteiger charge is 2.18. The molecular weight excluding hydrogens is 204 g/mol. The quantitative estimate of drug-likeness (QED) is 0.522. The zero-order valence-corrected chi connectivity index (χ0v) is 10.5. The summed E-state index contributed by atoms with van der Waals surface area (Å²) in [5.74, 6) is -0.142. The van der Waals surface area contributed by atoms with Crippen LogP contribution in [0.2, 0.25) is 0 Å². The van der Waals surface area contributed by atoms with Gasteiger partial charge in [0.15, 0.2) is 0 Å². The van der Waals surface area contributed by atoms with Gasteiger partial charge in [0, 0.05) is 25.7 Å². The third-order valence-corrected chi connectivity index (χ3v) is 3.32. The van der Waals surface area contributed by atoms with E-state index in [-0.39, 0.29) is 5.97 Å². The van der Waals surface area contributed by atoms with Crippen molar-refractivity contribution in [2.75, 3.05) is 33.8 Å². The van der Waals surface area contributed by atoms with E-state index in [2.05, 4.69) is 22.0 Å². The van der Waals surface area contributed by atoms with Crippen LogP contribution in [0.25, 0.3) is 0 Å². The number of rotatable bonds is 7. The van der Waals surface area contributed by atoms with Crippen molar-refractivity contribution in [1.29, 1.82) is 0 Å². The number of methoxy groups -OCH3 is 1. The van der Waals surface area contributed by atoms with Crippen molar-refractivity contribution in [2.45, 2.75) is 38.1 Å². The maximum atomic E-state index is 10.8. The number of esters is 1. The standard InChI is InChI=1S/C12H24N2O2/c1-14(11-5-3-4-6-11)10-9-13-8-7-12(15)16-2/h11,13H,3-10H2,1-2H3. The normalized spacial score (nSPS) is 16.9.